The summed E-state index contributed by atoms with van der Waals surface area (Å²) in [6.07, 6.45) is 0. The maximum Gasteiger partial charge on any atom is 0.160 e. The van der Waals surface area contributed by atoms with Gasteiger partial charge in [0, 0.05) is 21.9 Å². The summed E-state index contributed by atoms with van der Waals surface area (Å²) in [5.74, 6) is 0.708. The zero-order valence-corrected chi connectivity index (χ0v) is 31.7. The summed E-state index contributed by atoms with van der Waals surface area (Å²) in [6, 6.07) is 78.1. The van der Waals surface area contributed by atoms with Crippen LogP contribution in [-0.4, -0.2) is 9.97 Å². The van der Waals surface area contributed by atoms with Gasteiger partial charge < -0.3 is 0 Å². The molecule has 0 aliphatic carbocycles. The van der Waals surface area contributed by atoms with Crippen LogP contribution in [0.4, 0.5) is 0 Å². The molecule has 2 heteroatoms. The van der Waals surface area contributed by atoms with Crippen LogP contribution in [0, 0.1) is 0 Å². The average Bonchev–Trinajstić information content (AvgIpc) is 3.31. The number of benzene rings is 10. The van der Waals surface area contributed by atoms with Gasteiger partial charge in [-0.1, -0.05) is 206 Å². The van der Waals surface area contributed by atoms with E-state index in [9.17, 15) is 0 Å². The molecule has 0 atom stereocenters. The number of hydrogen-bond donors (Lipinski definition) is 0. The van der Waals surface area contributed by atoms with Gasteiger partial charge in [-0.05, 0) is 83.6 Å². The monoisotopic (exact) mass is 736 g/mol. The molecule has 1 heterocycles. The second kappa shape index (κ2) is 14.1. The molecular weight excluding hydrogens is 701 g/mol. The highest BCUT2D eigenvalue weighted by Crippen LogP contribution is 2.41. The highest BCUT2D eigenvalue weighted by molar-refractivity contribution is 6.27. The molecule has 0 spiro atoms. The molecule has 58 heavy (non-hydrogen) atoms. The Hall–Kier alpha value is -7.68. The van der Waals surface area contributed by atoms with E-state index < -0.39 is 0 Å². The highest BCUT2D eigenvalue weighted by Gasteiger charge is 2.18. The highest BCUT2D eigenvalue weighted by atomic mass is 14.9. The van der Waals surface area contributed by atoms with Crippen molar-refractivity contribution < 1.29 is 0 Å². The summed E-state index contributed by atoms with van der Waals surface area (Å²) in [6.45, 7) is 0. The van der Waals surface area contributed by atoms with Crippen molar-refractivity contribution in [3.8, 4) is 67.2 Å². The number of nitrogens with zero attached hydrogens (tertiary/aromatic N) is 2. The normalized spacial score (nSPS) is 11.4. The molecule has 0 bridgehead atoms. The Morgan fingerprint density at radius 3 is 1.40 bits per heavy atom. The van der Waals surface area contributed by atoms with E-state index in [0.717, 1.165) is 49.6 Å². The second-order valence-corrected chi connectivity index (χ2v) is 14.9. The van der Waals surface area contributed by atoms with Gasteiger partial charge in [0.2, 0.25) is 0 Å². The van der Waals surface area contributed by atoms with E-state index in [4.69, 9.17) is 9.97 Å². The predicted molar refractivity (Wildman–Crippen MR) is 245 cm³/mol. The van der Waals surface area contributed by atoms with Gasteiger partial charge in [-0.15, -0.1) is 0 Å². The summed E-state index contributed by atoms with van der Waals surface area (Å²) in [4.78, 5) is 10.8. The molecular formula is C56H36N2. The Kier molecular flexibility index (Phi) is 8.19. The van der Waals surface area contributed by atoms with Crippen LogP contribution < -0.4 is 0 Å². The molecule has 0 fully saturated rings. The van der Waals surface area contributed by atoms with E-state index in [-0.39, 0.29) is 0 Å². The van der Waals surface area contributed by atoms with E-state index in [1.807, 2.05) is 0 Å². The first-order valence-corrected chi connectivity index (χ1v) is 19.8. The zero-order valence-electron chi connectivity index (χ0n) is 31.7. The third-order valence-electron chi connectivity index (χ3n) is 11.5. The van der Waals surface area contributed by atoms with E-state index in [1.165, 1.54) is 54.9 Å². The van der Waals surface area contributed by atoms with E-state index in [0.29, 0.717) is 5.82 Å². The molecule has 0 unspecified atom stereocenters. The lowest BCUT2D eigenvalue weighted by atomic mass is 9.93. The first-order valence-electron chi connectivity index (χ1n) is 19.8. The minimum atomic E-state index is 0.708. The number of rotatable bonds is 6. The smallest absolute Gasteiger partial charge is 0.160 e. The standard InChI is InChI=1S/C56H36N2/c1-2-13-37(14-3-1)43-17-10-18-44(35-43)39-29-33-42(34-30-39)56-57-54(53-51-24-8-6-22-49(51)50-23-7-9-25-52(50)55(53)58-56)41-31-27-38(28-32-41)45-19-11-20-46(36-45)48-26-12-16-40-15-4-5-21-47(40)48/h1-36H. The molecule has 0 amide bonds. The average molecular weight is 737 g/mol. The fraction of sp³-hybridized carbons (Fsp3) is 0. The lowest BCUT2D eigenvalue weighted by Crippen LogP contribution is -1.97. The lowest BCUT2D eigenvalue weighted by molar-refractivity contribution is 1.24. The Labute approximate surface area is 337 Å². The number of hydrogen-bond acceptors (Lipinski definition) is 2. The van der Waals surface area contributed by atoms with Crippen LogP contribution >= 0.6 is 0 Å². The molecule has 0 N–H and O–H groups in total. The maximum atomic E-state index is 5.43. The molecule has 0 saturated heterocycles. The van der Waals surface area contributed by atoms with Gasteiger partial charge in [-0.3, -0.25) is 0 Å². The summed E-state index contributed by atoms with van der Waals surface area (Å²) in [5.41, 5.74) is 13.4. The van der Waals surface area contributed by atoms with Crippen molar-refractivity contribution in [1.82, 2.24) is 9.97 Å². The van der Waals surface area contributed by atoms with Crippen LogP contribution in [-0.2, 0) is 0 Å². The van der Waals surface area contributed by atoms with Crippen LogP contribution in [0.25, 0.3) is 110 Å². The quantitative estimate of drug-likeness (QED) is 0.159. The third-order valence-corrected chi connectivity index (χ3v) is 11.5. The van der Waals surface area contributed by atoms with Crippen LogP contribution in [0.5, 0.6) is 0 Å². The van der Waals surface area contributed by atoms with Crippen molar-refractivity contribution >= 4 is 43.2 Å². The topological polar surface area (TPSA) is 25.8 Å². The minimum absolute atomic E-state index is 0.708. The van der Waals surface area contributed by atoms with E-state index in [1.54, 1.807) is 0 Å². The molecule has 0 saturated carbocycles. The molecule has 2 nitrogen and oxygen atoms in total. The molecule has 11 aromatic rings. The van der Waals surface area contributed by atoms with Crippen LogP contribution in [0.2, 0.25) is 0 Å². The Morgan fingerprint density at radius 2 is 0.707 bits per heavy atom. The molecule has 0 radical (unpaired) electrons. The first kappa shape index (κ1) is 33.6. The Morgan fingerprint density at radius 1 is 0.259 bits per heavy atom. The summed E-state index contributed by atoms with van der Waals surface area (Å²) >= 11 is 0. The van der Waals surface area contributed by atoms with Crippen LogP contribution in [0.15, 0.2) is 218 Å². The van der Waals surface area contributed by atoms with Gasteiger partial charge in [0.15, 0.2) is 5.82 Å². The molecule has 0 aliphatic rings. The van der Waals surface area contributed by atoms with E-state index in [2.05, 4.69) is 218 Å². The first-order chi connectivity index (χ1) is 28.7. The van der Waals surface area contributed by atoms with Gasteiger partial charge in [0.25, 0.3) is 0 Å². The Balaban J connectivity index is 1.03. The second-order valence-electron chi connectivity index (χ2n) is 14.9. The SMILES string of the molecule is c1ccc(-c2cccc(-c3ccc(-c4nc(-c5ccc(-c6cccc(-c7cccc8ccccc78)c6)cc5)c5c6ccccc6c6ccccc6c5n4)cc3)c2)cc1. The Bertz CT molecular complexity index is 3310. The van der Waals surface area contributed by atoms with Gasteiger partial charge in [0.05, 0.1) is 11.2 Å². The summed E-state index contributed by atoms with van der Waals surface area (Å²) < 4.78 is 0. The van der Waals surface area contributed by atoms with Gasteiger partial charge >= 0.3 is 0 Å². The zero-order chi connectivity index (χ0) is 38.4. The van der Waals surface area contributed by atoms with Crippen molar-refractivity contribution in [2.24, 2.45) is 0 Å². The number of aromatic nitrogens is 2. The van der Waals surface area contributed by atoms with Crippen LogP contribution in [0.3, 0.4) is 0 Å². The lowest BCUT2D eigenvalue weighted by Gasteiger charge is -2.15. The number of fused-ring (bicyclic) bond motifs is 7. The minimum Gasteiger partial charge on any atom is -0.227 e. The fourth-order valence-electron chi connectivity index (χ4n) is 8.59. The predicted octanol–water partition coefficient (Wildman–Crippen LogP) is 15.1. The van der Waals surface area contributed by atoms with Crippen molar-refractivity contribution in [3.05, 3.63) is 218 Å². The molecule has 0 aliphatic heterocycles. The van der Waals surface area contributed by atoms with Crippen molar-refractivity contribution in [1.29, 1.82) is 0 Å². The van der Waals surface area contributed by atoms with Crippen molar-refractivity contribution in [2.75, 3.05) is 0 Å². The maximum absolute atomic E-state index is 5.43. The van der Waals surface area contributed by atoms with Crippen molar-refractivity contribution in [3.63, 3.8) is 0 Å². The third kappa shape index (κ3) is 5.91. The van der Waals surface area contributed by atoms with E-state index >= 15 is 0 Å². The van der Waals surface area contributed by atoms with Gasteiger partial charge in [-0.25, -0.2) is 9.97 Å². The van der Waals surface area contributed by atoms with Gasteiger partial charge in [0.1, 0.15) is 0 Å². The molecule has 270 valence electrons. The summed E-state index contributed by atoms with van der Waals surface area (Å²) in [7, 11) is 0. The summed E-state index contributed by atoms with van der Waals surface area (Å²) in [5, 5.41) is 8.24. The fourth-order valence-corrected chi connectivity index (χ4v) is 8.59. The van der Waals surface area contributed by atoms with Crippen LogP contribution in [0.1, 0.15) is 0 Å². The van der Waals surface area contributed by atoms with Crippen molar-refractivity contribution in [2.45, 2.75) is 0 Å². The molecule has 11 rings (SSSR count). The molecule has 10 aromatic carbocycles. The van der Waals surface area contributed by atoms with Gasteiger partial charge in [-0.2, -0.15) is 0 Å². The largest absolute Gasteiger partial charge is 0.227 e. The molecule has 1 aromatic heterocycles.